The molecule has 1 aliphatic heterocycles. The summed E-state index contributed by atoms with van der Waals surface area (Å²) in [6.45, 7) is 4.77. The van der Waals surface area contributed by atoms with Crippen LogP contribution in [0.2, 0.25) is 0 Å². The minimum absolute atomic E-state index is 0.127. The van der Waals surface area contributed by atoms with E-state index in [0.717, 1.165) is 31.3 Å². The van der Waals surface area contributed by atoms with E-state index in [4.69, 9.17) is 13.8 Å². The van der Waals surface area contributed by atoms with Gasteiger partial charge in [-0.2, -0.15) is 4.79 Å². The van der Waals surface area contributed by atoms with Gasteiger partial charge in [-0.3, -0.25) is 10.1 Å². The molecule has 1 N–H and O–H groups in total. The number of carbonyl (C=O) groups is 2. The van der Waals surface area contributed by atoms with Crippen LogP contribution in [0.4, 0.5) is 14.9 Å². The van der Waals surface area contributed by atoms with Crippen molar-refractivity contribution >= 4 is 30.7 Å². The second-order valence-electron chi connectivity index (χ2n) is 7.19. The monoisotopic (exact) mass is 428 g/mol. The molecule has 2 rings (SSSR count). The van der Waals surface area contributed by atoms with Crippen molar-refractivity contribution in [3.63, 3.8) is 0 Å². The Balaban J connectivity index is 2.83. The van der Waals surface area contributed by atoms with Gasteiger partial charge < -0.3 is 24.2 Å². The van der Waals surface area contributed by atoms with Crippen LogP contribution in [-0.4, -0.2) is 49.1 Å². The number of fused-ring (bicyclic) bond motifs is 1. The van der Waals surface area contributed by atoms with Crippen molar-refractivity contribution in [1.29, 1.82) is 0 Å². The van der Waals surface area contributed by atoms with E-state index in [1.165, 1.54) is 13.1 Å². The number of likely N-dealkylation sites (N-methyl/N-ethyl adjacent to an activating group) is 1. The van der Waals surface area contributed by atoms with Crippen molar-refractivity contribution in [1.82, 2.24) is 5.32 Å². The number of halogens is 1. The Kier molecular flexibility index (Phi) is 6.02. The molecule has 1 heterocycles. The van der Waals surface area contributed by atoms with Crippen LogP contribution < -0.4 is 10.2 Å². The predicted molar refractivity (Wildman–Crippen MR) is 101 cm³/mol. The Hall–Kier alpha value is -2.58. The smallest absolute Gasteiger partial charge is 0.440 e. The van der Waals surface area contributed by atoms with Crippen molar-refractivity contribution in [3.05, 3.63) is 35.1 Å². The van der Waals surface area contributed by atoms with Crippen LogP contribution >= 0.6 is 7.60 Å². The fourth-order valence-electron chi connectivity index (χ4n) is 3.01. The van der Waals surface area contributed by atoms with Gasteiger partial charge in [0.15, 0.2) is 0 Å². The average Bonchev–Trinajstić information content (AvgIpc) is 2.82. The van der Waals surface area contributed by atoms with E-state index in [1.54, 1.807) is 20.8 Å². The largest absolute Gasteiger partial charge is 0.444 e. The van der Waals surface area contributed by atoms with Gasteiger partial charge in [0.2, 0.25) is 0 Å². The molecule has 12 heteroatoms. The molecule has 1 aromatic rings. The summed E-state index contributed by atoms with van der Waals surface area (Å²) in [6, 6.07) is 3.35. The number of hydrogen-bond acceptors (Lipinski definition) is 6. The lowest BCUT2D eigenvalue weighted by Crippen LogP contribution is -2.58. The van der Waals surface area contributed by atoms with Gasteiger partial charge in [-0.25, -0.2) is 13.8 Å². The summed E-state index contributed by atoms with van der Waals surface area (Å²) in [5.74, 6) is -1.63. The van der Waals surface area contributed by atoms with Gasteiger partial charge in [0.05, 0.1) is 5.69 Å². The van der Waals surface area contributed by atoms with Gasteiger partial charge in [0, 0.05) is 26.8 Å². The number of nitrogens with zero attached hydrogens (tertiary/aromatic N) is 3. The second-order valence-corrected chi connectivity index (χ2v) is 9.34. The highest BCUT2D eigenvalue weighted by Crippen LogP contribution is 2.56. The van der Waals surface area contributed by atoms with E-state index in [2.05, 4.69) is 10.1 Å². The summed E-state index contributed by atoms with van der Waals surface area (Å²) in [5, 5.41) is 2.30. The summed E-state index contributed by atoms with van der Waals surface area (Å²) in [5.41, 5.74) is 5.56. The van der Waals surface area contributed by atoms with Gasteiger partial charge in [0.25, 0.3) is 11.4 Å². The molecule has 0 spiro atoms. The molecule has 10 nitrogen and oxygen atoms in total. The van der Waals surface area contributed by atoms with E-state index in [-0.39, 0.29) is 11.3 Å². The molecule has 1 aromatic carbocycles. The predicted octanol–water partition coefficient (Wildman–Crippen LogP) is 2.64. The first-order valence-corrected chi connectivity index (χ1v) is 9.94. The molecule has 2 amide bonds. The van der Waals surface area contributed by atoms with E-state index < -0.39 is 42.0 Å². The highest BCUT2D eigenvalue weighted by atomic mass is 31.2. The number of rotatable bonds is 5. The van der Waals surface area contributed by atoms with E-state index in [1.807, 2.05) is 0 Å². The number of hydrogen-bond donors (Lipinski definition) is 1. The first-order chi connectivity index (χ1) is 13.4. The van der Waals surface area contributed by atoms with Crippen LogP contribution in [0.3, 0.4) is 0 Å². The highest BCUT2D eigenvalue weighted by molar-refractivity contribution is 7.72. The fraction of sp³-hybridized carbons (Fsp3) is 0.471. The van der Waals surface area contributed by atoms with Gasteiger partial charge in [-0.1, -0.05) is 0 Å². The van der Waals surface area contributed by atoms with Crippen LogP contribution in [0, 0.1) is 5.82 Å². The van der Waals surface area contributed by atoms with E-state index in [9.17, 15) is 24.1 Å². The summed E-state index contributed by atoms with van der Waals surface area (Å²) in [4.78, 5) is 29.9. The molecule has 0 radical (unpaired) electrons. The SMILES string of the molecule is COP(=O)(OC)C(=[N+]=[N-])[C@]1(NC(=O)OC(C)(C)C)C(=O)N(C)c2ccc(F)cc21. The normalized spacial score (nSPS) is 18.9. The first-order valence-electron chi connectivity index (χ1n) is 8.40. The van der Waals surface area contributed by atoms with Gasteiger partial charge in [-0.15, -0.1) is 0 Å². The van der Waals surface area contributed by atoms with Gasteiger partial charge >= 0.3 is 19.1 Å². The molecule has 0 saturated heterocycles. The van der Waals surface area contributed by atoms with Crippen molar-refractivity contribution in [2.45, 2.75) is 31.9 Å². The van der Waals surface area contributed by atoms with Crippen molar-refractivity contribution in [2.24, 2.45) is 0 Å². The molecular formula is C17H22FN4O6P. The zero-order valence-electron chi connectivity index (χ0n) is 16.8. The molecule has 0 aliphatic carbocycles. The Morgan fingerprint density at radius 1 is 1.31 bits per heavy atom. The van der Waals surface area contributed by atoms with Crippen LogP contribution in [0.15, 0.2) is 18.2 Å². The number of amides is 2. The Morgan fingerprint density at radius 3 is 2.38 bits per heavy atom. The van der Waals surface area contributed by atoms with Crippen molar-refractivity contribution in [3.8, 4) is 0 Å². The number of carbonyl (C=O) groups excluding carboxylic acids is 2. The zero-order valence-corrected chi connectivity index (χ0v) is 17.7. The van der Waals surface area contributed by atoms with Crippen LogP contribution in [0.5, 0.6) is 0 Å². The minimum atomic E-state index is -4.39. The zero-order chi connectivity index (χ0) is 22.2. The quantitative estimate of drug-likeness (QED) is 0.332. The standard InChI is InChI=1S/C17H22FN4O6P/c1-16(2,3)28-15(24)20-17(13(21-19)29(25,26-5)27-6)11-9-10(18)7-8-12(11)22(4)14(17)23/h7-9H,1-6H3,(H,20,24)/t17-/m0/s1. The summed E-state index contributed by atoms with van der Waals surface area (Å²) >= 11 is 0. The van der Waals surface area contributed by atoms with Crippen molar-refractivity contribution in [2.75, 3.05) is 26.2 Å². The molecular weight excluding hydrogens is 406 g/mol. The summed E-state index contributed by atoms with van der Waals surface area (Å²) < 4.78 is 42.1. The molecule has 1 aliphatic rings. The maximum atomic E-state index is 14.1. The Bertz CT molecular complexity index is 948. The second kappa shape index (κ2) is 7.68. The number of alkyl carbamates (subject to hydrolysis) is 1. The third kappa shape index (κ3) is 3.82. The molecule has 1 atom stereocenters. The van der Waals surface area contributed by atoms with Gasteiger partial charge in [-0.05, 0) is 39.0 Å². The maximum absolute atomic E-state index is 14.1. The molecule has 0 unspecified atom stereocenters. The molecule has 0 bridgehead atoms. The number of benzene rings is 1. The average molecular weight is 428 g/mol. The first kappa shape index (κ1) is 22.7. The van der Waals surface area contributed by atoms with Crippen LogP contribution in [0.1, 0.15) is 26.3 Å². The Morgan fingerprint density at radius 2 is 1.90 bits per heavy atom. The van der Waals surface area contributed by atoms with Gasteiger partial charge in [0.1, 0.15) is 11.4 Å². The lowest BCUT2D eigenvalue weighted by atomic mass is 9.92. The third-order valence-corrected chi connectivity index (χ3v) is 6.11. The summed E-state index contributed by atoms with van der Waals surface area (Å²) in [7, 11) is -1.02. The Labute approximate surface area is 167 Å². The number of ether oxygens (including phenoxy) is 1. The minimum Gasteiger partial charge on any atom is -0.444 e. The molecule has 0 saturated carbocycles. The maximum Gasteiger partial charge on any atom is 0.440 e. The molecule has 158 valence electrons. The number of nitrogens with one attached hydrogen (secondary N) is 1. The van der Waals surface area contributed by atoms with Crippen LogP contribution in [-0.2, 0) is 28.7 Å². The van der Waals surface area contributed by atoms with E-state index >= 15 is 0 Å². The number of anilines is 1. The van der Waals surface area contributed by atoms with Crippen LogP contribution in [0.25, 0.3) is 5.53 Å². The lowest BCUT2D eigenvalue weighted by Gasteiger charge is -2.28. The topological polar surface area (TPSA) is 131 Å². The molecule has 0 fully saturated rings. The lowest BCUT2D eigenvalue weighted by molar-refractivity contribution is -0.123. The molecule has 29 heavy (non-hydrogen) atoms. The summed E-state index contributed by atoms with van der Waals surface area (Å²) in [6.07, 6.45) is -1.10. The van der Waals surface area contributed by atoms with E-state index in [0.29, 0.717) is 0 Å². The van der Waals surface area contributed by atoms with Crippen molar-refractivity contribution < 1.29 is 37.1 Å². The fourth-order valence-corrected chi connectivity index (χ4v) is 4.30. The highest BCUT2D eigenvalue weighted by Gasteiger charge is 2.67. The molecule has 0 aromatic heterocycles. The third-order valence-electron chi connectivity index (χ3n) is 4.21.